The highest BCUT2D eigenvalue weighted by Crippen LogP contribution is 2.66. The number of aromatic amines is 2. The topological polar surface area (TPSA) is 224 Å². The summed E-state index contributed by atoms with van der Waals surface area (Å²) in [4.78, 5) is 52.5. The third-order valence-corrected chi connectivity index (χ3v) is 10.3. The van der Waals surface area contributed by atoms with E-state index in [-0.39, 0.29) is 23.5 Å². The van der Waals surface area contributed by atoms with E-state index in [0.717, 1.165) is 34.4 Å². The van der Waals surface area contributed by atoms with Gasteiger partial charge in [0.15, 0.2) is 12.5 Å². The van der Waals surface area contributed by atoms with Crippen LogP contribution in [0.15, 0.2) is 31.6 Å². The Morgan fingerprint density at radius 1 is 0.911 bits per heavy atom. The van der Waals surface area contributed by atoms with Gasteiger partial charge in [0.05, 0.1) is 25.2 Å². The number of hydrogen-bond acceptors (Lipinski definition) is 12. The Kier molecular flexibility index (Phi) is 9.25. The number of H-pyrrole nitrogens is 2. The first-order chi connectivity index (χ1) is 21.1. The van der Waals surface area contributed by atoms with Crippen molar-refractivity contribution in [1.82, 2.24) is 19.1 Å². The number of halogens is 2. The maximum absolute atomic E-state index is 16.0. The van der Waals surface area contributed by atoms with Gasteiger partial charge in [0.1, 0.15) is 24.4 Å². The molecule has 3 fully saturated rings. The second-order valence-corrected chi connectivity index (χ2v) is 13.7. The van der Waals surface area contributed by atoms with Crippen molar-refractivity contribution < 1.29 is 47.2 Å². The highest BCUT2D eigenvalue weighted by atomic mass is 31.2. The number of hydrogen-bond donors (Lipinski definition) is 5. The second kappa shape index (κ2) is 12.4. The number of ether oxygens (including phenoxy) is 2. The summed E-state index contributed by atoms with van der Waals surface area (Å²) in [7, 11) is -5.54. The summed E-state index contributed by atoms with van der Waals surface area (Å²) in [6.07, 6.45) is -11.0. The molecule has 2 aromatic heterocycles. The number of alkyl halides is 2. The number of aliphatic hydroxyl groups is 3. The maximum Gasteiger partial charge on any atom is 0.400 e. The number of nitrogens with one attached hydrogen (secondary N) is 2. The lowest BCUT2D eigenvalue weighted by molar-refractivity contribution is -0.0786. The van der Waals surface area contributed by atoms with E-state index >= 15 is 8.78 Å². The van der Waals surface area contributed by atoms with Crippen LogP contribution in [0.4, 0.5) is 8.78 Å². The van der Waals surface area contributed by atoms with Crippen molar-refractivity contribution in [3.63, 3.8) is 0 Å². The number of aromatic nitrogens is 4. The Morgan fingerprint density at radius 3 is 1.93 bits per heavy atom. The molecule has 0 spiro atoms. The van der Waals surface area contributed by atoms with Crippen LogP contribution in [-0.2, 0) is 23.1 Å². The Hall–Kier alpha value is -2.83. The van der Waals surface area contributed by atoms with Crippen LogP contribution in [0.5, 0.6) is 0 Å². The fourth-order valence-electron chi connectivity index (χ4n) is 5.52. The van der Waals surface area contributed by atoms with Gasteiger partial charge in [-0.25, -0.2) is 9.59 Å². The van der Waals surface area contributed by atoms with Crippen molar-refractivity contribution >= 4 is 7.60 Å². The first kappa shape index (κ1) is 33.5. The molecule has 2 aromatic rings. The molecule has 0 radical (unpaired) electrons. The van der Waals surface area contributed by atoms with Crippen molar-refractivity contribution in [3.8, 4) is 0 Å². The van der Waals surface area contributed by atoms with Crippen LogP contribution >= 0.6 is 7.60 Å². The van der Waals surface area contributed by atoms with Gasteiger partial charge in [-0.1, -0.05) is 12.8 Å². The van der Waals surface area contributed by atoms with Crippen molar-refractivity contribution in [3.05, 3.63) is 65.2 Å². The van der Waals surface area contributed by atoms with Crippen LogP contribution in [0.1, 0.15) is 56.2 Å². The molecule has 3 aliphatic rings. The van der Waals surface area contributed by atoms with Crippen LogP contribution in [0.25, 0.3) is 0 Å². The minimum atomic E-state index is -5.54. The molecular weight excluding hydrogens is 629 g/mol. The molecule has 45 heavy (non-hydrogen) atoms. The molecule has 2 aliphatic heterocycles. The molecular formula is C26H35F2N4O12P. The maximum atomic E-state index is 16.0. The summed E-state index contributed by atoms with van der Waals surface area (Å²) in [5, 5.41) is 32.3. The first-order valence-electron chi connectivity index (χ1n) is 14.4. The molecule has 2 saturated heterocycles. The predicted molar refractivity (Wildman–Crippen MR) is 149 cm³/mol. The zero-order valence-corrected chi connectivity index (χ0v) is 25.4. The van der Waals surface area contributed by atoms with Gasteiger partial charge < -0.3 is 29.3 Å². The van der Waals surface area contributed by atoms with Gasteiger partial charge in [-0.2, -0.15) is 8.78 Å². The fourth-order valence-corrected chi connectivity index (χ4v) is 7.24. The molecule has 9 atom stereocenters. The Morgan fingerprint density at radius 2 is 1.42 bits per heavy atom. The Bertz CT molecular complexity index is 1700. The Balaban J connectivity index is 1.41. The van der Waals surface area contributed by atoms with E-state index in [4.69, 9.17) is 18.5 Å². The molecule has 0 bridgehead atoms. The van der Waals surface area contributed by atoms with Crippen LogP contribution < -0.4 is 22.5 Å². The summed E-state index contributed by atoms with van der Waals surface area (Å²) >= 11 is 0. The third kappa shape index (κ3) is 6.42. The van der Waals surface area contributed by atoms with Gasteiger partial charge in [0, 0.05) is 23.5 Å². The molecule has 16 nitrogen and oxygen atoms in total. The van der Waals surface area contributed by atoms with Crippen LogP contribution in [0.2, 0.25) is 0 Å². The molecule has 0 amide bonds. The molecule has 5 N–H and O–H groups in total. The number of aliphatic hydroxyl groups excluding tert-OH is 3. The molecule has 250 valence electrons. The van der Waals surface area contributed by atoms with Crippen molar-refractivity contribution in [2.45, 2.75) is 101 Å². The third-order valence-electron chi connectivity index (χ3n) is 8.16. The standard InChI is InChI=1S/C26H35F2N4O12P/c1-4-41-45(40,26(27,28)8-15-16(33)17(34)22(43-15)31-9-11(2)20(36)29-24(31)38)44-19-14(7-13-5-6-13)42-23(18(19)35)32-10-12(3)21(37)30-25(32)39/h9-10,13-19,22-23,33-35H,4-8H2,1-3H3,(H,29,36,38)(H,30,37,39)/t14-,15-,16-,17-,18-,19-,22?,23-,45?/m1/s1. The van der Waals surface area contributed by atoms with E-state index in [1.165, 1.54) is 20.8 Å². The molecule has 19 heteroatoms. The summed E-state index contributed by atoms with van der Waals surface area (Å²) in [6, 6.07) is 0. The van der Waals surface area contributed by atoms with Crippen molar-refractivity contribution in [2.75, 3.05) is 6.61 Å². The van der Waals surface area contributed by atoms with Gasteiger partial charge in [0.25, 0.3) is 11.1 Å². The first-order valence-corrected chi connectivity index (χ1v) is 15.9. The lowest BCUT2D eigenvalue weighted by Crippen LogP contribution is -2.40. The average molecular weight is 665 g/mol. The molecule has 1 saturated carbocycles. The van der Waals surface area contributed by atoms with E-state index in [9.17, 15) is 39.1 Å². The van der Waals surface area contributed by atoms with E-state index in [0.29, 0.717) is 0 Å². The largest absolute Gasteiger partial charge is 0.400 e. The number of aryl methyl sites for hydroxylation is 2. The van der Waals surface area contributed by atoms with Crippen LogP contribution in [0, 0.1) is 19.8 Å². The van der Waals surface area contributed by atoms with E-state index in [2.05, 4.69) is 4.98 Å². The summed E-state index contributed by atoms with van der Waals surface area (Å²) in [5.41, 5.74) is -7.59. The van der Waals surface area contributed by atoms with E-state index in [1.54, 1.807) is 0 Å². The van der Waals surface area contributed by atoms with Gasteiger partial charge in [-0.15, -0.1) is 0 Å². The van der Waals surface area contributed by atoms with Gasteiger partial charge in [-0.05, 0) is 33.1 Å². The van der Waals surface area contributed by atoms with Gasteiger partial charge in [-0.3, -0.25) is 37.8 Å². The lowest BCUT2D eigenvalue weighted by Gasteiger charge is -2.32. The summed E-state index contributed by atoms with van der Waals surface area (Å²) in [6.45, 7) is 3.53. The van der Waals surface area contributed by atoms with E-state index < -0.39 is 97.9 Å². The molecule has 0 aromatic carbocycles. The zero-order chi connectivity index (χ0) is 33.0. The van der Waals surface area contributed by atoms with Gasteiger partial charge in [0.2, 0.25) is 0 Å². The summed E-state index contributed by atoms with van der Waals surface area (Å²) < 4.78 is 69.3. The molecule has 5 rings (SSSR count). The Labute approximate surface area is 253 Å². The quantitative estimate of drug-likeness (QED) is 0.200. The van der Waals surface area contributed by atoms with E-state index in [1.807, 2.05) is 4.98 Å². The number of rotatable bonds is 11. The smallest absolute Gasteiger partial charge is 0.388 e. The normalized spacial score (nSPS) is 31.7. The molecule has 4 heterocycles. The highest BCUT2D eigenvalue weighted by Gasteiger charge is 2.61. The minimum Gasteiger partial charge on any atom is -0.388 e. The molecule has 2 unspecified atom stereocenters. The van der Waals surface area contributed by atoms with Crippen molar-refractivity contribution in [2.24, 2.45) is 5.92 Å². The summed E-state index contributed by atoms with van der Waals surface area (Å²) in [5.74, 6) is 0.105. The fraction of sp³-hybridized carbons (Fsp3) is 0.692. The average Bonchev–Trinajstić information content (AvgIpc) is 3.68. The van der Waals surface area contributed by atoms with Crippen LogP contribution in [0.3, 0.4) is 0 Å². The minimum absolute atomic E-state index is 0.0404. The lowest BCUT2D eigenvalue weighted by atomic mass is 10.1. The molecule has 1 aliphatic carbocycles. The highest BCUT2D eigenvalue weighted by molar-refractivity contribution is 7.55. The van der Waals surface area contributed by atoms with Crippen molar-refractivity contribution in [1.29, 1.82) is 0 Å². The SMILES string of the molecule is CCOP(=O)(O[C@H]1[C@@H](O)[C@H](n2cc(C)c(=O)[nH]c2=O)O[C@@H]1CC1CC1)C(F)(F)C[C@H]1OC(n2cc(C)c(=O)[nH]c2=O)[C@H](O)[C@@H]1O. The van der Waals surface area contributed by atoms with Gasteiger partial charge >= 0.3 is 24.6 Å². The predicted octanol–water partition coefficient (Wildman–Crippen LogP) is -0.0211. The monoisotopic (exact) mass is 664 g/mol. The van der Waals surface area contributed by atoms with Crippen LogP contribution in [-0.4, -0.2) is 83.3 Å². The second-order valence-electron chi connectivity index (χ2n) is 11.6. The zero-order valence-electron chi connectivity index (χ0n) is 24.5. The number of nitrogens with zero attached hydrogens (tertiary/aromatic N) is 2.